The number of likely N-dealkylation sites (N-methyl/N-ethyl adjacent to an activating group) is 1. The Morgan fingerprint density at radius 1 is 1.24 bits per heavy atom. The van der Waals surface area contributed by atoms with Crippen molar-refractivity contribution in [3.8, 4) is 0 Å². The SMILES string of the molecule is CCC(Cc1ccccc1)N(CC)C(=O)C1CCNCC1. The van der Waals surface area contributed by atoms with E-state index in [-0.39, 0.29) is 5.92 Å². The first-order chi connectivity index (χ1) is 10.3. The molecule has 1 aliphatic heterocycles. The summed E-state index contributed by atoms with van der Waals surface area (Å²) in [6.45, 7) is 7.06. The fourth-order valence-electron chi connectivity index (χ4n) is 3.26. The highest BCUT2D eigenvalue weighted by molar-refractivity contribution is 5.79. The van der Waals surface area contributed by atoms with Crippen molar-refractivity contribution in [1.82, 2.24) is 10.2 Å². The van der Waals surface area contributed by atoms with E-state index in [1.165, 1.54) is 5.56 Å². The Balaban J connectivity index is 2.04. The van der Waals surface area contributed by atoms with Gasteiger partial charge in [-0.2, -0.15) is 0 Å². The Bertz CT molecular complexity index is 426. The van der Waals surface area contributed by atoms with Gasteiger partial charge in [0.15, 0.2) is 0 Å². The van der Waals surface area contributed by atoms with E-state index in [1.54, 1.807) is 0 Å². The Labute approximate surface area is 128 Å². The Morgan fingerprint density at radius 2 is 1.90 bits per heavy atom. The van der Waals surface area contributed by atoms with Crippen molar-refractivity contribution in [2.24, 2.45) is 5.92 Å². The molecule has 0 radical (unpaired) electrons. The molecule has 1 aromatic carbocycles. The number of nitrogens with one attached hydrogen (secondary N) is 1. The van der Waals surface area contributed by atoms with Crippen molar-refractivity contribution in [1.29, 1.82) is 0 Å². The highest BCUT2D eigenvalue weighted by atomic mass is 16.2. The van der Waals surface area contributed by atoms with E-state index >= 15 is 0 Å². The summed E-state index contributed by atoms with van der Waals surface area (Å²) in [6.07, 6.45) is 3.94. The van der Waals surface area contributed by atoms with Crippen LogP contribution in [0.25, 0.3) is 0 Å². The Hall–Kier alpha value is -1.35. The number of carbonyl (C=O) groups is 1. The predicted molar refractivity (Wildman–Crippen MR) is 87.2 cm³/mol. The van der Waals surface area contributed by atoms with E-state index in [4.69, 9.17) is 0 Å². The second kappa shape index (κ2) is 8.18. The van der Waals surface area contributed by atoms with Crippen LogP contribution in [0.5, 0.6) is 0 Å². The Kier molecular flexibility index (Phi) is 6.24. The van der Waals surface area contributed by atoms with Crippen molar-refractivity contribution >= 4 is 5.91 Å². The fourth-order valence-corrected chi connectivity index (χ4v) is 3.26. The van der Waals surface area contributed by atoms with Gasteiger partial charge in [-0.15, -0.1) is 0 Å². The lowest BCUT2D eigenvalue weighted by atomic mass is 9.94. The van der Waals surface area contributed by atoms with Gasteiger partial charge in [0.05, 0.1) is 0 Å². The van der Waals surface area contributed by atoms with Crippen LogP contribution in [0.1, 0.15) is 38.7 Å². The molecule has 21 heavy (non-hydrogen) atoms. The molecule has 0 spiro atoms. The molecular weight excluding hydrogens is 260 g/mol. The monoisotopic (exact) mass is 288 g/mol. The maximum Gasteiger partial charge on any atom is 0.226 e. The number of amides is 1. The van der Waals surface area contributed by atoms with Gasteiger partial charge >= 0.3 is 0 Å². The van der Waals surface area contributed by atoms with E-state index in [0.717, 1.165) is 45.3 Å². The number of carbonyl (C=O) groups excluding carboxylic acids is 1. The molecule has 1 saturated heterocycles. The summed E-state index contributed by atoms with van der Waals surface area (Å²) in [7, 11) is 0. The van der Waals surface area contributed by atoms with Gasteiger partial charge in [-0.05, 0) is 51.3 Å². The van der Waals surface area contributed by atoms with Crippen molar-refractivity contribution in [2.75, 3.05) is 19.6 Å². The van der Waals surface area contributed by atoms with Crippen LogP contribution < -0.4 is 5.32 Å². The molecule has 1 N–H and O–H groups in total. The second-order valence-electron chi connectivity index (χ2n) is 5.90. The third kappa shape index (κ3) is 4.31. The molecule has 3 heteroatoms. The summed E-state index contributed by atoms with van der Waals surface area (Å²) in [6, 6.07) is 10.8. The number of benzene rings is 1. The smallest absolute Gasteiger partial charge is 0.226 e. The first-order valence-corrected chi connectivity index (χ1v) is 8.31. The number of hydrogen-bond donors (Lipinski definition) is 1. The van der Waals surface area contributed by atoms with Crippen LogP contribution in [0.4, 0.5) is 0 Å². The van der Waals surface area contributed by atoms with Crippen LogP contribution >= 0.6 is 0 Å². The van der Waals surface area contributed by atoms with Crippen LogP contribution in [-0.2, 0) is 11.2 Å². The normalized spacial score (nSPS) is 17.4. The molecule has 0 bridgehead atoms. The van der Waals surface area contributed by atoms with E-state index in [2.05, 4.69) is 48.3 Å². The second-order valence-corrected chi connectivity index (χ2v) is 5.90. The van der Waals surface area contributed by atoms with E-state index in [1.807, 2.05) is 6.07 Å². The largest absolute Gasteiger partial charge is 0.339 e. The summed E-state index contributed by atoms with van der Waals surface area (Å²) in [5.41, 5.74) is 1.32. The molecule has 1 heterocycles. The van der Waals surface area contributed by atoms with E-state index in [9.17, 15) is 4.79 Å². The average Bonchev–Trinajstić information content (AvgIpc) is 2.56. The van der Waals surface area contributed by atoms with Gasteiger partial charge in [-0.25, -0.2) is 0 Å². The minimum absolute atomic E-state index is 0.219. The van der Waals surface area contributed by atoms with E-state index in [0.29, 0.717) is 11.9 Å². The molecule has 0 aliphatic carbocycles. The highest BCUT2D eigenvalue weighted by Crippen LogP contribution is 2.20. The molecule has 1 unspecified atom stereocenters. The zero-order valence-electron chi connectivity index (χ0n) is 13.3. The molecule has 0 saturated carbocycles. The minimum Gasteiger partial charge on any atom is -0.339 e. The van der Waals surface area contributed by atoms with Crippen molar-refractivity contribution in [3.05, 3.63) is 35.9 Å². The average molecular weight is 288 g/mol. The lowest BCUT2D eigenvalue weighted by molar-refractivity contribution is -0.138. The summed E-state index contributed by atoms with van der Waals surface area (Å²) >= 11 is 0. The van der Waals surface area contributed by atoms with E-state index < -0.39 is 0 Å². The van der Waals surface area contributed by atoms with Gasteiger partial charge < -0.3 is 10.2 Å². The van der Waals surface area contributed by atoms with Crippen LogP contribution in [-0.4, -0.2) is 36.5 Å². The third-order valence-electron chi connectivity index (χ3n) is 4.54. The number of piperidine rings is 1. The molecule has 1 aromatic rings. The molecule has 1 aliphatic rings. The summed E-state index contributed by atoms with van der Waals surface area (Å²) < 4.78 is 0. The van der Waals surface area contributed by atoms with Gasteiger partial charge in [0.1, 0.15) is 0 Å². The first kappa shape index (κ1) is 16.0. The zero-order valence-corrected chi connectivity index (χ0v) is 13.3. The molecule has 1 fully saturated rings. The molecule has 0 aromatic heterocycles. The number of hydrogen-bond acceptors (Lipinski definition) is 2. The quantitative estimate of drug-likeness (QED) is 0.873. The Morgan fingerprint density at radius 3 is 2.48 bits per heavy atom. The maximum atomic E-state index is 12.8. The van der Waals surface area contributed by atoms with Gasteiger partial charge in [-0.1, -0.05) is 37.3 Å². The van der Waals surface area contributed by atoms with Gasteiger partial charge in [0.25, 0.3) is 0 Å². The van der Waals surface area contributed by atoms with Gasteiger partial charge in [0.2, 0.25) is 5.91 Å². The van der Waals surface area contributed by atoms with Gasteiger partial charge in [0, 0.05) is 18.5 Å². The third-order valence-corrected chi connectivity index (χ3v) is 4.54. The molecule has 1 atom stereocenters. The number of rotatable bonds is 6. The van der Waals surface area contributed by atoms with Crippen LogP contribution in [0.15, 0.2) is 30.3 Å². The fraction of sp³-hybridized carbons (Fsp3) is 0.611. The van der Waals surface area contributed by atoms with Crippen LogP contribution in [0, 0.1) is 5.92 Å². The molecule has 116 valence electrons. The number of nitrogens with zero attached hydrogens (tertiary/aromatic N) is 1. The minimum atomic E-state index is 0.219. The zero-order chi connectivity index (χ0) is 15.1. The predicted octanol–water partition coefficient (Wildman–Crippen LogP) is 2.86. The lowest BCUT2D eigenvalue weighted by Crippen LogP contribution is -2.46. The van der Waals surface area contributed by atoms with Crippen molar-refractivity contribution in [2.45, 2.75) is 45.6 Å². The maximum absolute atomic E-state index is 12.8. The van der Waals surface area contributed by atoms with Crippen LogP contribution in [0.2, 0.25) is 0 Å². The van der Waals surface area contributed by atoms with Crippen LogP contribution in [0.3, 0.4) is 0 Å². The van der Waals surface area contributed by atoms with Crippen molar-refractivity contribution in [3.63, 3.8) is 0 Å². The van der Waals surface area contributed by atoms with Crippen molar-refractivity contribution < 1.29 is 4.79 Å². The lowest BCUT2D eigenvalue weighted by Gasteiger charge is -2.34. The molecule has 1 amide bonds. The molecule has 2 rings (SSSR count). The summed E-state index contributed by atoms with van der Waals surface area (Å²) in [5, 5.41) is 3.34. The highest BCUT2D eigenvalue weighted by Gasteiger charge is 2.28. The molecular formula is C18H28N2O. The molecule has 3 nitrogen and oxygen atoms in total. The summed E-state index contributed by atoms with van der Waals surface area (Å²) in [5.74, 6) is 0.581. The topological polar surface area (TPSA) is 32.3 Å². The first-order valence-electron chi connectivity index (χ1n) is 8.31. The van der Waals surface area contributed by atoms with Gasteiger partial charge in [-0.3, -0.25) is 4.79 Å². The standard InChI is InChI=1S/C18H28N2O/c1-3-17(14-15-8-6-5-7-9-15)20(4-2)18(21)16-10-12-19-13-11-16/h5-9,16-17,19H,3-4,10-14H2,1-2H3. The summed E-state index contributed by atoms with van der Waals surface area (Å²) in [4.78, 5) is 14.9.